The molecule has 1 aromatic carbocycles. The Bertz CT molecular complexity index is 635. The highest BCUT2D eigenvalue weighted by molar-refractivity contribution is 5.67. The van der Waals surface area contributed by atoms with Gasteiger partial charge in [-0.25, -0.2) is 13.9 Å². The van der Waals surface area contributed by atoms with E-state index in [0.29, 0.717) is 12.2 Å². The summed E-state index contributed by atoms with van der Waals surface area (Å²) < 4.78 is 19.7. The van der Waals surface area contributed by atoms with Crippen LogP contribution in [0.3, 0.4) is 0 Å². The van der Waals surface area contributed by atoms with Crippen molar-refractivity contribution in [3.63, 3.8) is 0 Å². The summed E-state index contributed by atoms with van der Waals surface area (Å²) in [6, 6.07) is 6.21. The highest BCUT2D eigenvalue weighted by Gasteiger charge is 2.19. The van der Waals surface area contributed by atoms with Gasteiger partial charge >= 0.3 is 6.09 Å². The van der Waals surface area contributed by atoms with Crippen molar-refractivity contribution in [3.05, 3.63) is 47.5 Å². The fraction of sp³-hybridized carbons (Fsp3) is 0.400. The van der Waals surface area contributed by atoms with Crippen LogP contribution in [-0.2, 0) is 17.9 Å². The lowest BCUT2D eigenvalue weighted by atomic mass is 10.2. The summed E-state index contributed by atoms with van der Waals surface area (Å²) in [5.41, 5.74) is 1.52. The van der Waals surface area contributed by atoms with Crippen molar-refractivity contribution in [2.24, 2.45) is 0 Å². The van der Waals surface area contributed by atoms with E-state index in [1.807, 2.05) is 0 Å². The molecule has 6 nitrogen and oxygen atoms in total. The molecule has 22 heavy (non-hydrogen) atoms. The summed E-state index contributed by atoms with van der Waals surface area (Å²) in [6.45, 7) is 2.12. The lowest BCUT2D eigenvalue weighted by Crippen LogP contribution is -2.28. The number of hydrogen-bond donors (Lipinski definition) is 0. The Kier molecular flexibility index (Phi) is 4.32. The molecule has 1 aromatic heterocycles. The van der Waals surface area contributed by atoms with Gasteiger partial charge in [-0.15, -0.1) is 5.10 Å². The van der Waals surface area contributed by atoms with Crippen LogP contribution in [0, 0.1) is 5.82 Å². The molecular weight excluding hydrogens is 287 g/mol. The Hall–Kier alpha value is -2.44. The number of likely N-dealkylation sites (tertiary alicyclic amines) is 1. The fourth-order valence-corrected chi connectivity index (χ4v) is 2.39. The van der Waals surface area contributed by atoms with Crippen molar-refractivity contribution in [2.45, 2.75) is 26.0 Å². The van der Waals surface area contributed by atoms with Gasteiger partial charge in [0.25, 0.3) is 0 Å². The third kappa shape index (κ3) is 3.60. The van der Waals surface area contributed by atoms with Crippen LogP contribution in [0.4, 0.5) is 9.18 Å². The van der Waals surface area contributed by atoms with Crippen LogP contribution >= 0.6 is 0 Å². The molecule has 0 spiro atoms. The summed E-state index contributed by atoms with van der Waals surface area (Å²) >= 11 is 0. The molecule has 0 N–H and O–H groups in total. The van der Waals surface area contributed by atoms with Crippen LogP contribution in [0.1, 0.15) is 24.1 Å². The van der Waals surface area contributed by atoms with E-state index >= 15 is 0 Å². The molecule has 2 aromatic rings. The third-order valence-electron chi connectivity index (χ3n) is 3.55. The SMILES string of the molecule is O=C(OCc1cn(Cc2ccc(F)cc2)nn1)N1CCCC1. The van der Waals surface area contributed by atoms with E-state index in [9.17, 15) is 9.18 Å². The molecule has 0 radical (unpaired) electrons. The molecule has 0 saturated carbocycles. The number of aromatic nitrogens is 3. The summed E-state index contributed by atoms with van der Waals surface area (Å²) in [7, 11) is 0. The fourth-order valence-electron chi connectivity index (χ4n) is 2.39. The molecule has 7 heteroatoms. The summed E-state index contributed by atoms with van der Waals surface area (Å²) in [6.07, 6.45) is 3.48. The van der Waals surface area contributed by atoms with E-state index in [2.05, 4.69) is 10.3 Å². The van der Waals surface area contributed by atoms with Crippen molar-refractivity contribution in [1.29, 1.82) is 0 Å². The number of carbonyl (C=O) groups excluding carboxylic acids is 1. The molecule has 0 unspecified atom stereocenters. The molecule has 0 atom stereocenters. The topological polar surface area (TPSA) is 60.3 Å². The second-order valence-corrected chi connectivity index (χ2v) is 5.28. The Labute approximate surface area is 127 Å². The number of nitrogens with zero attached hydrogens (tertiary/aromatic N) is 4. The number of amides is 1. The minimum atomic E-state index is -0.300. The quantitative estimate of drug-likeness (QED) is 0.869. The highest BCUT2D eigenvalue weighted by Crippen LogP contribution is 2.10. The number of halogens is 1. The first-order valence-electron chi connectivity index (χ1n) is 7.26. The molecule has 3 rings (SSSR count). The minimum Gasteiger partial charge on any atom is -0.443 e. The van der Waals surface area contributed by atoms with Crippen molar-refractivity contribution < 1.29 is 13.9 Å². The maximum Gasteiger partial charge on any atom is 0.410 e. The highest BCUT2D eigenvalue weighted by atomic mass is 19.1. The lowest BCUT2D eigenvalue weighted by molar-refractivity contribution is 0.103. The Morgan fingerprint density at radius 1 is 1.23 bits per heavy atom. The standard InChI is InChI=1S/C15H17FN4O2/c16-13-5-3-12(4-6-13)9-20-10-14(17-18-20)11-22-15(21)19-7-1-2-8-19/h3-6,10H,1-2,7-9,11H2. The zero-order valence-electron chi connectivity index (χ0n) is 12.1. The average Bonchev–Trinajstić information content (AvgIpc) is 3.19. The lowest BCUT2D eigenvalue weighted by Gasteiger charge is -2.13. The number of ether oxygens (including phenoxy) is 1. The molecule has 0 bridgehead atoms. The third-order valence-corrected chi connectivity index (χ3v) is 3.55. The van der Waals surface area contributed by atoms with Gasteiger partial charge in [0.1, 0.15) is 18.1 Å². The normalized spacial score (nSPS) is 14.3. The molecule has 1 aliphatic heterocycles. The summed E-state index contributed by atoms with van der Waals surface area (Å²) in [5.74, 6) is -0.267. The van der Waals surface area contributed by atoms with Crippen molar-refractivity contribution in [2.75, 3.05) is 13.1 Å². The predicted octanol–water partition coefficient (Wildman–Crippen LogP) is 2.20. The number of benzene rings is 1. The van der Waals surface area contributed by atoms with Crippen LogP contribution < -0.4 is 0 Å². The molecule has 2 heterocycles. The Balaban J connectivity index is 1.52. The second-order valence-electron chi connectivity index (χ2n) is 5.28. The van der Waals surface area contributed by atoms with Crippen molar-refractivity contribution in [1.82, 2.24) is 19.9 Å². The van der Waals surface area contributed by atoms with Crippen LogP contribution in [0.15, 0.2) is 30.5 Å². The maximum atomic E-state index is 12.8. The van der Waals surface area contributed by atoms with Gasteiger partial charge in [-0.05, 0) is 30.5 Å². The molecule has 0 aliphatic carbocycles. The zero-order valence-corrected chi connectivity index (χ0v) is 12.1. The van der Waals surface area contributed by atoms with Crippen molar-refractivity contribution >= 4 is 6.09 Å². The monoisotopic (exact) mass is 304 g/mol. The summed E-state index contributed by atoms with van der Waals surface area (Å²) in [5, 5.41) is 7.95. The maximum absolute atomic E-state index is 12.8. The second kappa shape index (κ2) is 6.55. The van der Waals surface area contributed by atoms with E-state index < -0.39 is 0 Å². The van der Waals surface area contributed by atoms with Gasteiger partial charge in [0.2, 0.25) is 0 Å². The van der Waals surface area contributed by atoms with Gasteiger partial charge in [0.15, 0.2) is 0 Å². The molecule has 1 saturated heterocycles. The molecule has 1 amide bonds. The zero-order chi connectivity index (χ0) is 15.4. The van der Waals surface area contributed by atoms with Gasteiger partial charge in [0.05, 0.1) is 12.7 Å². The van der Waals surface area contributed by atoms with E-state index in [1.54, 1.807) is 27.9 Å². The molecule has 1 aliphatic rings. The van der Waals surface area contributed by atoms with E-state index in [1.165, 1.54) is 12.1 Å². The number of hydrogen-bond acceptors (Lipinski definition) is 4. The summed E-state index contributed by atoms with van der Waals surface area (Å²) in [4.78, 5) is 13.5. The molecule has 116 valence electrons. The number of rotatable bonds is 4. The van der Waals surface area contributed by atoms with E-state index in [0.717, 1.165) is 31.5 Å². The van der Waals surface area contributed by atoms with Gasteiger partial charge in [0, 0.05) is 13.1 Å². The predicted molar refractivity (Wildman–Crippen MR) is 76.5 cm³/mol. The van der Waals surface area contributed by atoms with Gasteiger partial charge in [-0.3, -0.25) is 0 Å². The van der Waals surface area contributed by atoms with Crippen molar-refractivity contribution in [3.8, 4) is 0 Å². The van der Waals surface area contributed by atoms with Crippen LogP contribution in [0.2, 0.25) is 0 Å². The molecular formula is C15H17FN4O2. The van der Waals surface area contributed by atoms with Crippen LogP contribution in [0.25, 0.3) is 0 Å². The van der Waals surface area contributed by atoms with Gasteiger partial charge in [-0.2, -0.15) is 0 Å². The van der Waals surface area contributed by atoms with Crippen LogP contribution in [-0.4, -0.2) is 39.1 Å². The van der Waals surface area contributed by atoms with E-state index in [4.69, 9.17) is 4.74 Å². The van der Waals surface area contributed by atoms with Gasteiger partial charge < -0.3 is 9.64 Å². The Morgan fingerprint density at radius 2 is 1.95 bits per heavy atom. The first-order valence-corrected chi connectivity index (χ1v) is 7.26. The largest absolute Gasteiger partial charge is 0.443 e. The number of carbonyl (C=O) groups is 1. The Morgan fingerprint density at radius 3 is 2.68 bits per heavy atom. The smallest absolute Gasteiger partial charge is 0.410 e. The first kappa shape index (κ1) is 14.5. The van der Waals surface area contributed by atoms with Crippen LogP contribution in [0.5, 0.6) is 0 Å². The molecule has 1 fully saturated rings. The van der Waals surface area contributed by atoms with E-state index in [-0.39, 0.29) is 18.5 Å². The minimum absolute atomic E-state index is 0.110. The first-order chi connectivity index (χ1) is 10.7. The average molecular weight is 304 g/mol. The van der Waals surface area contributed by atoms with Gasteiger partial charge in [-0.1, -0.05) is 17.3 Å².